The molecule has 0 radical (unpaired) electrons. The summed E-state index contributed by atoms with van der Waals surface area (Å²) in [6.45, 7) is 6.80. The van der Waals surface area contributed by atoms with E-state index in [1.54, 1.807) is 6.92 Å². The van der Waals surface area contributed by atoms with Gasteiger partial charge in [-0.15, -0.1) is 0 Å². The first-order chi connectivity index (χ1) is 17.9. The molecule has 0 aromatic heterocycles. The zero-order valence-corrected chi connectivity index (χ0v) is 22.4. The molecule has 0 aromatic rings. The van der Waals surface area contributed by atoms with E-state index < -0.39 is 0 Å². The zero-order chi connectivity index (χ0) is 25.7. The van der Waals surface area contributed by atoms with Crippen LogP contribution in [-0.4, -0.2) is 120 Å². The molecular formula is C28H43N5O4. The number of nitrogens with zero attached hydrogens (tertiary/aromatic N) is 4. The fraction of sp³-hybridized carbons (Fsp3) is 0.821. The number of rotatable bonds is 3. The lowest BCUT2D eigenvalue weighted by molar-refractivity contribution is -0.202. The highest BCUT2D eigenvalue weighted by atomic mass is 16.5. The van der Waals surface area contributed by atoms with Crippen molar-refractivity contribution in [3.63, 3.8) is 0 Å². The first-order valence-electron chi connectivity index (χ1n) is 14.6. The van der Waals surface area contributed by atoms with E-state index >= 15 is 0 Å². The average molecular weight is 514 g/mol. The van der Waals surface area contributed by atoms with Crippen molar-refractivity contribution in [2.45, 2.75) is 94.7 Å². The molecule has 2 aliphatic carbocycles. The van der Waals surface area contributed by atoms with Crippen molar-refractivity contribution in [3.8, 4) is 0 Å². The molecule has 0 aromatic carbocycles. The first kappa shape index (κ1) is 25.3. The number of piperidine rings is 1. The number of hydrogen-bond donors (Lipinski definition) is 1. The summed E-state index contributed by atoms with van der Waals surface area (Å²) in [6, 6.07) is 0.622. The highest BCUT2D eigenvalue weighted by Crippen LogP contribution is 2.46. The van der Waals surface area contributed by atoms with Crippen LogP contribution in [0.5, 0.6) is 0 Å². The Morgan fingerprint density at radius 2 is 1.65 bits per heavy atom. The molecule has 9 heteroatoms. The number of fused-ring (bicyclic) bond motifs is 2. The van der Waals surface area contributed by atoms with Crippen molar-refractivity contribution < 1.29 is 19.1 Å². The van der Waals surface area contributed by atoms with Gasteiger partial charge in [0.15, 0.2) is 5.78 Å². The second-order valence-electron chi connectivity index (χ2n) is 12.2. The monoisotopic (exact) mass is 513 g/mol. The van der Waals surface area contributed by atoms with Crippen LogP contribution in [0.3, 0.4) is 0 Å². The number of amides is 2. The lowest BCUT2D eigenvalue weighted by Crippen LogP contribution is -2.71. The van der Waals surface area contributed by atoms with Gasteiger partial charge in [0.2, 0.25) is 5.91 Å². The summed E-state index contributed by atoms with van der Waals surface area (Å²) in [5.41, 5.74) is 0.360. The summed E-state index contributed by atoms with van der Waals surface area (Å²) in [4.78, 5) is 48.2. The van der Waals surface area contributed by atoms with Gasteiger partial charge in [-0.3, -0.25) is 19.3 Å². The van der Waals surface area contributed by atoms with E-state index in [1.807, 2.05) is 11.1 Å². The van der Waals surface area contributed by atoms with Crippen LogP contribution in [0.4, 0.5) is 0 Å². The molecule has 6 unspecified atom stereocenters. The molecule has 0 spiro atoms. The third-order valence-electron chi connectivity index (χ3n) is 10.0. The standard InChI is InChI=1S/C28H43N5O4/c1-18(34)31-13-15-32(16-14-31)23-8-7-20-25-27(23)37-24-6-4-3-5-22(24)33(25)17-21(26(20)35)28(36)29-19-9-11-30(2)12-10-19/h17,19-20,22-25,27H,3-16H2,1-2H3,(H,29,36). The molecular weight excluding hydrogens is 470 g/mol. The number of carbonyl (C=O) groups excluding carboxylic acids is 3. The molecule has 3 saturated heterocycles. The van der Waals surface area contributed by atoms with Gasteiger partial charge in [0.25, 0.3) is 5.91 Å². The fourth-order valence-electron chi connectivity index (χ4n) is 7.92. The minimum atomic E-state index is -0.189. The molecule has 5 fully saturated rings. The van der Waals surface area contributed by atoms with Crippen molar-refractivity contribution in [2.75, 3.05) is 46.3 Å². The summed E-state index contributed by atoms with van der Waals surface area (Å²) in [6.07, 6.45) is 10.0. The summed E-state index contributed by atoms with van der Waals surface area (Å²) in [5.74, 6) is -0.223. The van der Waals surface area contributed by atoms with E-state index in [1.165, 1.54) is 12.8 Å². The van der Waals surface area contributed by atoms with Crippen LogP contribution < -0.4 is 5.32 Å². The summed E-state index contributed by atoms with van der Waals surface area (Å²) in [7, 11) is 2.11. The van der Waals surface area contributed by atoms with E-state index in [0.29, 0.717) is 5.57 Å². The van der Waals surface area contributed by atoms with Crippen LogP contribution in [-0.2, 0) is 19.1 Å². The van der Waals surface area contributed by atoms with Gasteiger partial charge in [-0.1, -0.05) is 12.8 Å². The Kier molecular flexibility index (Phi) is 7.05. The molecule has 37 heavy (non-hydrogen) atoms. The predicted molar refractivity (Wildman–Crippen MR) is 139 cm³/mol. The molecule has 6 atom stereocenters. The Balaban J connectivity index is 1.24. The molecule has 1 N–H and O–H groups in total. The normalized spacial score (nSPS) is 37.5. The Morgan fingerprint density at radius 3 is 2.38 bits per heavy atom. The number of nitrogens with one attached hydrogen (secondary N) is 1. The number of hydrogen-bond acceptors (Lipinski definition) is 7. The van der Waals surface area contributed by atoms with Crippen molar-refractivity contribution in [1.29, 1.82) is 0 Å². The van der Waals surface area contributed by atoms with E-state index in [4.69, 9.17) is 4.74 Å². The molecule has 9 nitrogen and oxygen atoms in total. The molecule has 6 rings (SSSR count). The van der Waals surface area contributed by atoms with Crippen molar-refractivity contribution in [3.05, 3.63) is 11.8 Å². The van der Waals surface area contributed by atoms with Crippen molar-refractivity contribution >= 4 is 17.6 Å². The maximum Gasteiger partial charge on any atom is 0.256 e. The van der Waals surface area contributed by atoms with Gasteiger partial charge in [-0.25, -0.2) is 0 Å². The quantitative estimate of drug-likeness (QED) is 0.564. The Hall–Kier alpha value is -1.97. The summed E-state index contributed by atoms with van der Waals surface area (Å²) < 4.78 is 6.90. The van der Waals surface area contributed by atoms with Crippen LogP contribution in [0.15, 0.2) is 11.8 Å². The number of morpholine rings is 1. The minimum absolute atomic E-state index is 0.00341. The largest absolute Gasteiger partial charge is 0.369 e. The predicted octanol–water partition coefficient (Wildman–Crippen LogP) is 0.987. The number of likely N-dealkylation sites (tertiary alicyclic amines) is 1. The molecule has 6 aliphatic rings. The van der Waals surface area contributed by atoms with Crippen LogP contribution in [0.1, 0.15) is 58.3 Å². The first-order valence-corrected chi connectivity index (χ1v) is 14.6. The number of piperazine rings is 1. The van der Waals surface area contributed by atoms with Crippen LogP contribution >= 0.6 is 0 Å². The summed E-state index contributed by atoms with van der Waals surface area (Å²) in [5, 5.41) is 3.20. The lowest BCUT2D eigenvalue weighted by atomic mass is 9.70. The van der Waals surface area contributed by atoms with Gasteiger partial charge in [0.1, 0.15) is 0 Å². The maximum absolute atomic E-state index is 13.8. The smallest absolute Gasteiger partial charge is 0.256 e. The SMILES string of the molecule is CC(=O)N1CCN(C2CCC3C(=O)C(C(=O)NC4CCN(C)CC4)=CN4C5CCCCC5OC2C34)CC1. The molecule has 0 bridgehead atoms. The average Bonchev–Trinajstić information content (AvgIpc) is 2.91. The van der Waals surface area contributed by atoms with Gasteiger partial charge >= 0.3 is 0 Å². The number of ether oxygens (including phenoxy) is 1. The topological polar surface area (TPSA) is 85.4 Å². The van der Waals surface area contributed by atoms with Crippen molar-refractivity contribution in [1.82, 2.24) is 24.9 Å². The Bertz CT molecular complexity index is 939. The van der Waals surface area contributed by atoms with Crippen LogP contribution in [0.25, 0.3) is 0 Å². The minimum Gasteiger partial charge on any atom is -0.369 e. The van der Waals surface area contributed by atoms with Crippen molar-refractivity contribution in [2.24, 2.45) is 5.92 Å². The van der Waals surface area contributed by atoms with Gasteiger partial charge in [-0.05, 0) is 58.7 Å². The van der Waals surface area contributed by atoms with E-state index in [2.05, 4.69) is 27.1 Å². The van der Waals surface area contributed by atoms with Crippen LogP contribution in [0, 0.1) is 5.92 Å². The molecule has 204 valence electrons. The number of Topliss-reactive ketones (excluding diaryl/α,β-unsaturated/α-hetero) is 1. The fourth-order valence-corrected chi connectivity index (χ4v) is 7.92. The van der Waals surface area contributed by atoms with Gasteiger partial charge in [0, 0.05) is 57.3 Å². The van der Waals surface area contributed by atoms with Gasteiger partial charge in [-0.2, -0.15) is 0 Å². The molecule has 2 amide bonds. The van der Waals surface area contributed by atoms with Gasteiger partial charge < -0.3 is 24.8 Å². The third-order valence-corrected chi connectivity index (χ3v) is 10.0. The molecule has 4 heterocycles. The molecule has 2 saturated carbocycles. The Labute approximate surface area is 220 Å². The zero-order valence-electron chi connectivity index (χ0n) is 22.4. The van der Waals surface area contributed by atoms with E-state index in [0.717, 1.165) is 77.8 Å². The van der Waals surface area contributed by atoms with Gasteiger partial charge in [0.05, 0.1) is 29.9 Å². The maximum atomic E-state index is 13.8. The van der Waals surface area contributed by atoms with E-state index in [9.17, 15) is 14.4 Å². The highest BCUT2D eigenvalue weighted by Gasteiger charge is 2.56. The second-order valence-corrected chi connectivity index (χ2v) is 12.2. The van der Waals surface area contributed by atoms with Crippen LogP contribution in [0.2, 0.25) is 0 Å². The van der Waals surface area contributed by atoms with E-state index in [-0.39, 0.29) is 59.9 Å². The summed E-state index contributed by atoms with van der Waals surface area (Å²) >= 11 is 0. The number of ketones is 1. The lowest BCUT2D eigenvalue weighted by Gasteiger charge is -2.60. The third kappa shape index (κ3) is 4.72. The Morgan fingerprint density at radius 1 is 0.919 bits per heavy atom. The molecule has 4 aliphatic heterocycles. The number of carbonyl (C=O) groups is 3. The second kappa shape index (κ2) is 10.3. The highest BCUT2D eigenvalue weighted by molar-refractivity contribution is 6.20.